The Morgan fingerprint density at radius 3 is 2.50 bits per heavy atom. The summed E-state index contributed by atoms with van der Waals surface area (Å²) < 4.78 is 25.2. The van der Waals surface area contributed by atoms with Crippen LogP contribution in [0.3, 0.4) is 0 Å². The minimum atomic E-state index is -3.64. The molecule has 1 heterocycles. The van der Waals surface area contributed by atoms with E-state index in [9.17, 15) is 13.2 Å². The van der Waals surface area contributed by atoms with E-state index in [0.717, 1.165) is 16.9 Å². The largest absolute Gasteiger partial charge is 0.292 e. The van der Waals surface area contributed by atoms with Crippen molar-refractivity contribution in [3.05, 3.63) is 50.7 Å². The van der Waals surface area contributed by atoms with E-state index in [2.05, 4.69) is 0 Å². The molecule has 0 amide bonds. The average Bonchev–Trinajstić information content (AvgIpc) is 2.78. The fraction of sp³-hybridized carbons (Fsp3) is 0.214. The van der Waals surface area contributed by atoms with Gasteiger partial charge in [0.15, 0.2) is 15.6 Å². The Morgan fingerprint density at radius 2 is 1.90 bits per heavy atom. The van der Waals surface area contributed by atoms with Gasteiger partial charge in [0, 0.05) is 0 Å². The lowest BCUT2D eigenvalue weighted by atomic mass is 10.2. The number of hydrogen-bond donors (Lipinski definition) is 0. The van der Waals surface area contributed by atoms with Crippen molar-refractivity contribution in [3.63, 3.8) is 0 Å². The molecule has 0 saturated heterocycles. The Morgan fingerprint density at radius 1 is 1.20 bits per heavy atom. The van der Waals surface area contributed by atoms with E-state index < -0.39 is 21.4 Å². The highest BCUT2D eigenvalue weighted by atomic mass is 35.5. The van der Waals surface area contributed by atoms with Gasteiger partial charge in [-0.25, -0.2) is 8.42 Å². The van der Waals surface area contributed by atoms with Gasteiger partial charge in [-0.1, -0.05) is 23.7 Å². The third-order valence-corrected chi connectivity index (χ3v) is 5.87. The number of benzene rings is 1. The molecular weight excluding hydrogens is 316 g/mol. The van der Waals surface area contributed by atoms with Crippen LogP contribution in [0.2, 0.25) is 4.34 Å². The van der Waals surface area contributed by atoms with Gasteiger partial charge in [0.1, 0.15) is 5.75 Å². The lowest BCUT2D eigenvalue weighted by Gasteiger charge is -2.07. The smallest absolute Gasteiger partial charge is 0.188 e. The van der Waals surface area contributed by atoms with Crippen LogP contribution in [-0.2, 0) is 9.84 Å². The summed E-state index contributed by atoms with van der Waals surface area (Å²) in [5.41, 5.74) is 1.49. The molecule has 2 rings (SSSR count). The second-order valence-corrected chi connectivity index (χ2v) is 8.23. The first kappa shape index (κ1) is 15.2. The zero-order chi connectivity index (χ0) is 14.9. The van der Waals surface area contributed by atoms with Crippen LogP contribution in [0.1, 0.15) is 20.8 Å². The van der Waals surface area contributed by atoms with Gasteiger partial charge < -0.3 is 0 Å². The number of hydrogen-bond acceptors (Lipinski definition) is 4. The lowest BCUT2D eigenvalue weighted by molar-refractivity contribution is 0.102. The summed E-state index contributed by atoms with van der Waals surface area (Å²) in [5.74, 6) is -0.962. The Balaban J connectivity index is 2.32. The number of aryl methyl sites for hydroxylation is 2. The Hall–Kier alpha value is -1.17. The first-order valence-corrected chi connectivity index (χ1v) is 8.73. The standard InChI is InChI=1S/C14H13ClO3S2/c1-9-3-4-10(2)13(7-9)20(17,18)8-11(16)12-5-6-14(15)19-12/h3-7H,8H2,1-2H3. The normalized spacial score (nSPS) is 11.6. The topological polar surface area (TPSA) is 51.2 Å². The van der Waals surface area contributed by atoms with Crippen molar-refractivity contribution >= 4 is 38.6 Å². The van der Waals surface area contributed by atoms with Gasteiger partial charge in [0.25, 0.3) is 0 Å². The number of Topliss-reactive ketones (excluding diaryl/α,β-unsaturated/α-hetero) is 1. The molecular formula is C14H13ClO3S2. The number of ketones is 1. The quantitative estimate of drug-likeness (QED) is 0.804. The maximum absolute atomic E-state index is 12.3. The van der Waals surface area contributed by atoms with Crippen LogP contribution >= 0.6 is 22.9 Å². The van der Waals surface area contributed by atoms with Crippen molar-refractivity contribution in [2.75, 3.05) is 5.75 Å². The second-order valence-electron chi connectivity index (χ2n) is 4.55. The molecule has 1 aromatic heterocycles. The van der Waals surface area contributed by atoms with Crippen LogP contribution in [0.5, 0.6) is 0 Å². The van der Waals surface area contributed by atoms with Crippen LogP contribution in [0, 0.1) is 13.8 Å². The molecule has 0 aliphatic heterocycles. The van der Waals surface area contributed by atoms with E-state index in [0.29, 0.717) is 14.8 Å². The summed E-state index contributed by atoms with van der Waals surface area (Å²) in [6.07, 6.45) is 0. The zero-order valence-corrected chi connectivity index (χ0v) is 13.4. The van der Waals surface area contributed by atoms with E-state index in [-0.39, 0.29) is 4.90 Å². The highest BCUT2D eigenvalue weighted by Gasteiger charge is 2.23. The number of carbonyl (C=O) groups is 1. The van der Waals surface area contributed by atoms with Gasteiger partial charge >= 0.3 is 0 Å². The number of thiophene rings is 1. The molecule has 106 valence electrons. The third kappa shape index (κ3) is 3.29. The molecule has 20 heavy (non-hydrogen) atoms. The van der Waals surface area contributed by atoms with Gasteiger partial charge in [0.2, 0.25) is 0 Å². The van der Waals surface area contributed by atoms with Gasteiger partial charge in [-0.2, -0.15) is 0 Å². The molecule has 0 fully saturated rings. The third-order valence-electron chi connectivity index (χ3n) is 2.85. The van der Waals surface area contributed by atoms with Crippen molar-refractivity contribution < 1.29 is 13.2 Å². The molecule has 3 nitrogen and oxygen atoms in total. The Bertz CT molecular complexity index is 760. The molecule has 2 aromatic rings. The van der Waals surface area contributed by atoms with Gasteiger partial charge in [-0.05, 0) is 43.2 Å². The molecule has 0 spiro atoms. The van der Waals surface area contributed by atoms with Crippen molar-refractivity contribution in [2.24, 2.45) is 0 Å². The summed E-state index contributed by atoms with van der Waals surface area (Å²) in [5, 5.41) is 0. The fourth-order valence-electron chi connectivity index (χ4n) is 1.83. The minimum Gasteiger partial charge on any atom is -0.292 e. The summed E-state index contributed by atoms with van der Waals surface area (Å²) in [6, 6.07) is 8.32. The average molecular weight is 329 g/mol. The molecule has 0 bridgehead atoms. The summed E-state index contributed by atoms with van der Waals surface area (Å²) in [6.45, 7) is 3.54. The predicted molar refractivity (Wildman–Crippen MR) is 81.6 cm³/mol. The maximum Gasteiger partial charge on any atom is 0.188 e. The molecule has 0 saturated carbocycles. The van der Waals surface area contributed by atoms with Crippen LogP contribution in [0.4, 0.5) is 0 Å². The molecule has 0 aliphatic carbocycles. The second kappa shape index (κ2) is 5.68. The molecule has 1 aromatic carbocycles. The van der Waals surface area contributed by atoms with E-state index >= 15 is 0 Å². The van der Waals surface area contributed by atoms with Crippen molar-refractivity contribution in [1.29, 1.82) is 0 Å². The molecule has 0 radical (unpaired) electrons. The van der Waals surface area contributed by atoms with Crippen LogP contribution in [0.25, 0.3) is 0 Å². The Labute approximate surface area is 127 Å². The zero-order valence-electron chi connectivity index (χ0n) is 11.0. The van der Waals surface area contributed by atoms with Crippen LogP contribution in [-0.4, -0.2) is 20.0 Å². The van der Waals surface area contributed by atoms with Gasteiger partial charge in [-0.3, -0.25) is 4.79 Å². The van der Waals surface area contributed by atoms with E-state index in [1.165, 1.54) is 0 Å². The minimum absolute atomic E-state index is 0.216. The first-order valence-electron chi connectivity index (χ1n) is 5.88. The predicted octanol–water partition coefficient (Wildman–Crippen LogP) is 3.67. The molecule has 0 aliphatic rings. The van der Waals surface area contributed by atoms with E-state index in [4.69, 9.17) is 11.6 Å². The fourth-order valence-corrected chi connectivity index (χ4v) is 4.48. The SMILES string of the molecule is Cc1ccc(C)c(S(=O)(=O)CC(=O)c2ccc(Cl)s2)c1. The monoisotopic (exact) mass is 328 g/mol. The molecule has 0 N–H and O–H groups in total. The summed E-state index contributed by atoms with van der Waals surface area (Å²) >= 11 is 6.85. The van der Waals surface area contributed by atoms with Crippen molar-refractivity contribution in [1.82, 2.24) is 0 Å². The molecule has 0 atom stereocenters. The number of rotatable bonds is 4. The van der Waals surface area contributed by atoms with Gasteiger partial charge in [-0.15, -0.1) is 11.3 Å². The van der Waals surface area contributed by atoms with E-state index in [1.807, 2.05) is 13.0 Å². The number of carbonyl (C=O) groups excluding carboxylic acids is 1. The number of halogens is 1. The highest BCUT2D eigenvalue weighted by Crippen LogP contribution is 2.24. The summed E-state index contributed by atoms with van der Waals surface area (Å²) in [4.78, 5) is 12.6. The first-order chi connectivity index (χ1) is 9.29. The highest BCUT2D eigenvalue weighted by molar-refractivity contribution is 7.92. The lowest BCUT2D eigenvalue weighted by Crippen LogP contribution is -2.16. The van der Waals surface area contributed by atoms with Crippen LogP contribution < -0.4 is 0 Å². The maximum atomic E-state index is 12.3. The van der Waals surface area contributed by atoms with Crippen molar-refractivity contribution in [3.8, 4) is 0 Å². The van der Waals surface area contributed by atoms with E-state index in [1.54, 1.807) is 31.2 Å². The van der Waals surface area contributed by atoms with Crippen LogP contribution in [0.15, 0.2) is 35.2 Å². The Kier molecular flexibility index (Phi) is 4.32. The van der Waals surface area contributed by atoms with Crippen molar-refractivity contribution in [2.45, 2.75) is 18.7 Å². The molecule has 0 unspecified atom stereocenters. The molecule has 6 heteroatoms. The summed E-state index contributed by atoms with van der Waals surface area (Å²) in [7, 11) is -3.64. The van der Waals surface area contributed by atoms with Gasteiger partial charge in [0.05, 0.1) is 14.1 Å². The number of sulfone groups is 1.